The van der Waals surface area contributed by atoms with Crippen LogP contribution >= 0.6 is 22.7 Å². The van der Waals surface area contributed by atoms with E-state index in [4.69, 9.17) is 22.7 Å². The maximum absolute atomic E-state index is 6.48. The van der Waals surface area contributed by atoms with Gasteiger partial charge < -0.3 is 0 Å². The van der Waals surface area contributed by atoms with Crippen molar-refractivity contribution in [3.63, 3.8) is 0 Å². The molecule has 0 aromatic carbocycles. The Kier molecular flexibility index (Phi) is 6.79. The second kappa shape index (κ2) is 6.33. The van der Waals surface area contributed by atoms with Crippen LogP contribution in [0.1, 0.15) is 26.7 Å². The summed E-state index contributed by atoms with van der Waals surface area (Å²) < 4.78 is 0. The number of halogens is 2. The van der Waals surface area contributed by atoms with Gasteiger partial charge in [0.1, 0.15) is 0 Å². The number of hydrogen-bond acceptors (Lipinski definition) is 0. The largest absolute Gasteiger partial charge is 0.167 e. The molecule has 0 saturated heterocycles. The van der Waals surface area contributed by atoms with E-state index in [2.05, 4.69) is 13.8 Å². The molecule has 0 fully saturated rings. The Bertz CT molecular complexity index is 98.1. The van der Waals surface area contributed by atoms with Crippen LogP contribution in [-0.4, -0.2) is 13.3 Å². The van der Waals surface area contributed by atoms with Gasteiger partial charge in [0.2, 0.25) is 0 Å². The molecule has 0 saturated carbocycles. The van der Waals surface area contributed by atoms with Crippen LogP contribution in [0.3, 0.4) is 0 Å². The molecule has 0 nitrogen and oxygen atoms in total. The van der Waals surface area contributed by atoms with Crippen molar-refractivity contribution >= 4 is 30.1 Å². The molecule has 0 aliphatic carbocycles. The lowest BCUT2D eigenvalue weighted by Gasteiger charge is -2.21. The number of alkyl halides is 1. The average molecular weight is 213 g/mol. The summed E-state index contributed by atoms with van der Waals surface area (Å²) >= 11 is 12.1. The molecule has 11 heavy (non-hydrogen) atoms. The monoisotopic (exact) mass is 212 g/mol. The van der Waals surface area contributed by atoms with Crippen LogP contribution in [0.25, 0.3) is 0 Å². The second-order valence-electron chi connectivity index (χ2n) is 3.05. The van der Waals surface area contributed by atoms with Crippen molar-refractivity contribution in [1.29, 1.82) is 0 Å². The van der Waals surface area contributed by atoms with Crippen LogP contribution < -0.4 is 0 Å². The van der Waals surface area contributed by atoms with Crippen molar-refractivity contribution < 1.29 is 0 Å². The van der Waals surface area contributed by atoms with E-state index in [0.29, 0.717) is 0 Å². The lowest BCUT2D eigenvalue weighted by molar-refractivity contribution is 0.987. The molecule has 68 valence electrons. The smallest absolute Gasteiger partial charge is 0.156 e. The summed E-state index contributed by atoms with van der Waals surface area (Å²) in [5.41, 5.74) is 0. The van der Waals surface area contributed by atoms with Gasteiger partial charge in [-0.1, -0.05) is 20.3 Å². The normalized spacial score (nSPS) is 16.4. The molecule has 0 rings (SSSR count). The molecule has 0 aliphatic heterocycles. The van der Waals surface area contributed by atoms with Crippen LogP contribution in [0, 0.1) is 0 Å². The van der Waals surface area contributed by atoms with Gasteiger partial charge >= 0.3 is 0 Å². The van der Waals surface area contributed by atoms with Crippen LogP contribution in [-0.2, 0) is 0 Å². The third-order valence-electron chi connectivity index (χ3n) is 2.09. The van der Waals surface area contributed by atoms with Gasteiger partial charge in [-0.15, -0.1) is 11.6 Å². The molecular formula is C8H18Cl2Si. The first-order valence-corrected chi connectivity index (χ1v) is 8.60. The zero-order valence-electron chi connectivity index (χ0n) is 7.50. The first-order chi connectivity index (χ1) is 5.18. The summed E-state index contributed by atoms with van der Waals surface area (Å²) in [7, 11) is -1.36. The minimum atomic E-state index is -1.36. The van der Waals surface area contributed by atoms with Gasteiger partial charge in [-0.3, -0.25) is 0 Å². The molecule has 0 aromatic rings. The van der Waals surface area contributed by atoms with E-state index in [1.807, 2.05) is 0 Å². The van der Waals surface area contributed by atoms with Crippen molar-refractivity contribution in [2.24, 2.45) is 0 Å². The van der Waals surface area contributed by atoms with Gasteiger partial charge in [0.25, 0.3) is 0 Å². The van der Waals surface area contributed by atoms with E-state index in [-0.39, 0.29) is 0 Å². The van der Waals surface area contributed by atoms with Crippen LogP contribution in [0.4, 0.5) is 0 Å². The third kappa shape index (κ3) is 5.10. The molecule has 0 N–H and O–H groups in total. The van der Waals surface area contributed by atoms with Crippen LogP contribution in [0.2, 0.25) is 18.1 Å². The fourth-order valence-corrected chi connectivity index (χ4v) is 5.30. The molecule has 0 aliphatic rings. The lowest BCUT2D eigenvalue weighted by Crippen LogP contribution is -2.25. The molecule has 3 heteroatoms. The zero-order chi connectivity index (χ0) is 8.74. The van der Waals surface area contributed by atoms with E-state index < -0.39 is 7.38 Å². The average Bonchev–Trinajstić information content (AvgIpc) is 2.02. The van der Waals surface area contributed by atoms with E-state index in [0.717, 1.165) is 12.3 Å². The predicted molar refractivity (Wildman–Crippen MR) is 57.3 cm³/mol. The first kappa shape index (κ1) is 11.8. The Morgan fingerprint density at radius 3 is 2.18 bits per heavy atom. The number of hydrogen-bond donors (Lipinski definition) is 0. The van der Waals surface area contributed by atoms with Gasteiger partial charge in [0, 0.05) is 5.88 Å². The minimum Gasteiger partial charge on any atom is -0.167 e. The molecule has 0 spiro atoms. The maximum atomic E-state index is 6.48. The Labute approximate surface area is 81.0 Å². The Hall–Kier alpha value is 0.797. The van der Waals surface area contributed by atoms with Crippen molar-refractivity contribution in [3.05, 3.63) is 0 Å². The topological polar surface area (TPSA) is 0 Å². The second-order valence-corrected chi connectivity index (χ2v) is 9.84. The Morgan fingerprint density at radius 2 is 1.82 bits per heavy atom. The Balaban J connectivity index is 3.68. The molecule has 0 amide bonds. The summed E-state index contributed by atoms with van der Waals surface area (Å²) in [6.07, 6.45) is 2.33. The molecule has 1 unspecified atom stereocenters. The lowest BCUT2D eigenvalue weighted by atomic mass is 10.6. The summed E-state index contributed by atoms with van der Waals surface area (Å²) in [6, 6.07) is 3.64. The van der Waals surface area contributed by atoms with Gasteiger partial charge in [0.15, 0.2) is 7.38 Å². The summed E-state index contributed by atoms with van der Waals surface area (Å²) in [5.74, 6) is 0.769. The maximum Gasteiger partial charge on any atom is 0.156 e. The minimum absolute atomic E-state index is 0.769. The van der Waals surface area contributed by atoms with Gasteiger partial charge in [0.05, 0.1) is 0 Å². The van der Waals surface area contributed by atoms with Gasteiger partial charge in [-0.25, -0.2) is 0 Å². The summed E-state index contributed by atoms with van der Waals surface area (Å²) in [5, 5.41) is 0. The van der Waals surface area contributed by atoms with E-state index in [1.54, 1.807) is 0 Å². The van der Waals surface area contributed by atoms with Gasteiger partial charge in [-0.05, 0) is 24.6 Å². The summed E-state index contributed by atoms with van der Waals surface area (Å²) in [4.78, 5) is 0. The number of rotatable bonds is 6. The predicted octanol–water partition coefficient (Wildman–Crippen LogP) is 4.23. The molecule has 0 heterocycles. The van der Waals surface area contributed by atoms with Gasteiger partial charge in [-0.2, -0.15) is 11.1 Å². The van der Waals surface area contributed by atoms with Crippen LogP contribution in [0.15, 0.2) is 0 Å². The van der Waals surface area contributed by atoms with Crippen molar-refractivity contribution in [1.82, 2.24) is 0 Å². The molecular weight excluding hydrogens is 195 g/mol. The molecule has 0 bridgehead atoms. The zero-order valence-corrected chi connectivity index (χ0v) is 10.0. The van der Waals surface area contributed by atoms with Crippen molar-refractivity contribution in [3.8, 4) is 0 Å². The fraction of sp³-hybridized carbons (Fsp3) is 1.00. The first-order valence-electron chi connectivity index (χ1n) is 4.43. The van der Waals surface area contributed by atoms with Crippen molar-refractivity contribution in [2.75, 3.05) is 5.88 Å². The highest BCUT2D eigenvalue weighted by molar-refractivity contribution is 7.20. The van der Waals surface area contributed by atoms with E-state index in [1.165, 1.54) is 24.6 Å². The van der Waals surface area contributed by atoms with E-state index >= 15 is 0 Å². The van der Waals surface area contributed by atoms with Crippen molar-refractivity contribution in [2.45, 2.75) is 44.8 Å². The highest BCUT2D eigenvalue weighted by atomic mass is 35.6. The Morgan fingerprint density at radius 1 is 1.18 bits per heavy atom. The molecule has 0 radical (unpaired) electrons. The standard InChI is InChI=1S/C8H18Cl2Si/c1-3-7-11(10,4-2)8-5-6-9/h3-8H2,1-2H3. The fourth-order valence-electron chi connectivity index (χ4n) is 1.31. The highest BCUT2D eigenvalue weighted by Gasteiger charge is 2.26. The quantitative estimate of drug-likeness (QED) is 0.352. The SMILES string of the molecule is CCC[Si](Cl)(CC)CCCCl. The van der Waals surface area contributed by atoms with E-state index in [9.17, 15) is 0 Å². The molecule has 1 atom stereocenters. The van der Waals surface area contributed by atoms with Crippen LogP contribution in [0.5, 0.6) is 0 Å². The third-order valence-corrected chi connectivity index (χ3v) is 8.21. The molecule has 0 aromatic heterocycles. The summed E-state index contributed by atoms with van der Waals surface area (Å²) in [6.45, 7) is 4.42. The highest BCUT2D eigenvalue weighted by Crippen LogP contribution is 2.28.